The number of carbonyl (C=O) groups excluding carboxylic acids is 1. The second-order valence-electron chi connectivity index (χ2n) is 7.90. The molecule has 0 N–H and O–H groups in total. The van der Waals surface area contributed by atoms with E-state index in [1.807, 2.05) is 47.4 Å². The van der Waals surface area contributed by atoms with Gasteiger partial charge in [-0.2, -0.15) is 0 Å². The van der Waals surface area contributed by atoms with E-state index in [9.17, 15) is 4.79 Å². The van der Waals surface area contributed by atoms with Crippen LogP contribution >= 0.6 is 11.8 Å². The van der Waals surface area contributed by atoms with Crippen molar-refractivity contribution < 1.29 is 19.0 Å². The molecule has 2 aliphatic rings. The van der Waals surface area contributed by atoms with Crippen LogP contribution in [0.4, 0.5) is 0 Å². The Labute approximate surface area is 196 Å². The molecular formula is C23H25N5O4S. The lowest BCUT2D eigenvalue weighted by molar-refractivity contribution is -0.129. The van der Waals surface area contributed by atoms with E-state index < -0.39 is 0 Å². The van der Waals surface area contributed by atoms with Gasteiger partial charge in [0.25, 0.3) is 0 Å². The molecule has 3 heterocycles. The molecule has 0 unspecified atom stereocenters. The highest BCUT2D eigenvalue weighted by Gasteiger charge is 2.31. The molecule has 1 aromatic heterocycles. The maximum absolute atomic E-state index is 13.1. The summed E-state index contributed by atoms with van der Waals surface area (Å²) in [6.45, 7) is 2.38. The number of hydrogen-bond donors (Lipinski definition) is 0. The van der Waals surface area contributed by atoms with Gasteiger partial charge in [0.1, 0.15) is 19.0 Å². The Balaban J connectivity index is 1.22. The van der Waals surface area contributed by atoms with Gasteiger partial charge in [-0.05, 0) is 58.7 Å². The van der Waals surface area contributed by atoms with Crippen molar-refractivity contribution in [2.24, 2.45) is 0 Å². The number of tetrazole rings is 1. The zero-order valence-electron chi connectivity index (χ0n) is 18.3. The lowest BCUT2D eigenvalue weighted by Gasteiger charge is -2.26. The van der Waals surface area contributed by atoms with Crippen LogP contribution in [-0.4, -0.2) is 63.6 Å². The first-order valence-corrected chi connectivity index (χ1v) is 11.9. The lowest BCUT2D eigenvalue weighted by Crippen LogP contribution is -2.32. The summed E-state index contributed by atoms with van der Waals surface area (Å²) < 4.78 is 18.3. The topological polar surface area (TPSA) is 91.6 Å². The number of aromatic nitrogens is 4. The maximum atomic E-state index is 13.1. The third-order valence-corrected chi connectivity index (χ3v) is 6.78. The normalized spacial score (nSPS) is 17.2. The van der Waals surface area contributed by atoms with Gasteiger partial charge in [0.15, 0.2) is 11.5 Å². The summed E-state index contributed by atoms with van der Waals surface area (Å²) in [4.78, 5) is 15.1. The fourth-order valence-electron chi connectivity index (χ4n) is 4.19. The molecule has 1 fully saturated rings. The molecule has 9 nitrogen and oxygen atoms in total. The van der Waals surface area contributed by atoms with Crippen LogP contribution in [0.2, 0.25) is 0 Å². The van der Waals surface area contributed by atoms with E-state index >= 15 is 0 Å². The monoisotopic (exact) mass is 467 g/mol. The molecule has 0 saturated carbocycles. The number of hydrogen-bond acceptors (Lipinski definition) is 8. The fraction of sp³-hybridized carbons (Fsp3) is 0.391. The summed E-state index contributed by atoms with van der Waals surface area (Å²) in [5.74, 6) is 2.68. The van der Waals surface area contributed by atoms with Gasteiger partial charge in [-0.25, -0.2) is 4.68 Å². The predicted octanol–water partition coefficient (Wildman–Crippen LogP) is 2.96. The highest BCUT2D eigenvalue weighted by atomic mass is 32.2. The molecule has 2 aromatic carbocycles. The maximum Gasteiger partial charge on any atom is 0.233 e. The molecular weight excluding hydrogens is 442 g/mol. The van der Waals surface area contributed by atoms with Crippen LogP contribution in [0.15, 0.2) is 47.6 Å². The minimum atomic E-state index is 0.0456. The first-order valence-electron chi connectivity index (χ1n) is 10.9. The number of rotatable bonds is 7. The van der Waals surface area contributed by atoms with Gasteiger partial charge in [-0.1, -0.05) is 30.0 Å². The third kappa shape index (κ3) is 4.75. The number of carbonyl (C=O) groups is 1. The summed E-state index contributed by atoms with van der Waals surface area (Å²) in [6, 6.07) is 13.8. The molecule has 172 valence electrons. The Morgan fingerprint density at radius 3 is 2.79 bits per heavy atom. The molecule has 1 amide bonds. The van der Waals surface area contributed by atoms with E-state index in [1.54, 1.807) is 11.8 Å². The van der Waals surface area contributed by atoms with Crippen molar-refractivity contribution in [1.82, 2.24) is 25.1 Å². The van der Waals surface area contributed by atoms with Crippen LogP contribution in [0, 0.1) is 0 Å². The van der Waals surface area contributed by atoms with Crippen LogP contribution in [0.1, 0.15) is 30.0 Å². The van der Waals surface area contributed by atoms with E-state index in [0.717, 1.165) is 47.8 Å². The summed E-state index contributed by atoms with van der Waals surface area (Å²) in [7, 11) is 1.64. The number of benzene rings is 2. The van der Waals surface area contributed by atoms with Gasteiger partial charge in [0.2, 0.25) is 11.1 Å². The molecule has 1 saturated heterocycles. The van der Waals surface area contributed by atoms with Crippen molar-refractivity contribution in [1.29, 1.82) is 0 Å². The molecule has 0 aliphatic carbocycles. The van der Waals surface area contributed by atoms with Crippen LogP contribution in [0.25, 0.3) is 0 Å². The molecule has 0 spiro atoms. The predicted molar refractivity (Wildman–Crippen MR) is 122 cm³/mol. The van der Waals surface area contributed by atoms with Crippen LogP contribution in [0.5, 0.6) is 17.2 Å². The number of likely N-dealkylation sites (tertiary alicyclic amines) is 1. The molecule has 3 aromatic rings. The van der Waals surface area contributed by atoms with Crippen molar-refractivity contribution in [2.45, 2.75) is 30.6 Å². The Hall–Kier alpha value is -3.27. The molecule has 0 radical (unpaired) electrons. The van der Waals surface area contributed by atoms with Crippen molar-refractivity contribution in [3.05, 3.63) is 53.6 Å². The molecule has 5 rings (SSSR count). The summed E-state index contributed by atoms with van der Waals surface area (Å²) in [6.07, 6.45) is 1.91. The zero-order valence-corrected chi connectivity index (χ0v) is 19.2. The minimum Gasteiger partial charge on any atom is -0.497 e. The highest BCUT2D eigenvalue weighted by molar-refractivity contribution is 7.99. The number of ether oxygens (including phenoxy) is 3. The van der Waals surface area contributed by atoms with Crippen molar-refractivity contribution in [2.75, 3.05) is 32.6 Å². The number of thioether (sulfide) groups is 1. The number of amides is 1. The fourth-order valence-corrected chi connectivity index (χ4v) is 4.95. The smallest absolute Gasteiger partial charge is 0.233 e. The molecule has 33 heavy (non-hydrogen) atoms. The number of fused-ring (bicyclic) bond motifs is 1. The minimum absolute atomic E-state index is 0.0456. The molecule has 2 aliphatic heterocycles. The molecule has 0 bridgehead atoms. The van der Waals surface area contributed by atoms with Gasteiger partial charge >= 0.3 is 0 Å². The largest absolute Gasteiger partial charge is 0.497 e. The Bertz CT molecular complexity index is 1120. The first kappa shape index (κ1) is 21.6. The Morgan fingerprint density at radius 1 is 1.15 bits per heavy atom. The molecule has 10 heteroatoms. The average molecular weight is 468 g/mol. The first-order chi connectivity index (χ1) is 16.2. The van der Waals surface area contributed by atoms with Gasteiger partial charge in [-0.15, -0.1) is 5.10 Å². The quantitative estimate of drug-likeness (QED) is 0.490. The Kier molecular flexibility index (Phi) is 6.34. The summed E-state index contributed by atoms with van der Waals surface area (Å²) >= 11 is 1.36. The van der Waals surface area contributed by atoms with E-state index in [4.69, 9.17) is 14.2 Å². The second-order valence-corrected chi connectivity index (χ2v) is 8.85. The second kappa shape index (κ2) is 9.70. The van der Waals surface area contributed by atoms with E-state index in [1.165, 1.54) is 11.8 Å². The summed E-state index contributed by atoms with van der Waals surface area (Å²) in [5, 5.41) is 12.6. The van der Waals surface area contributed by atoms with Crippen molar-refractivity contribution >= 4 is 17.7 Å². The lowest BCUT2D eigenvalue weighted by atomic mass is 10.0. The molecule has 1 atom stereocenters. The van der Waals surface area contributed by atoms with E-state index in [2.05, 4.69) is 15.5 Å². The van der Waals surface area contributed by atoms with Gasteiger partial charge < -0.3 is 19.1 Å². The van der Waals surface area contributed by atoms with E-state index in [0.29, 0.717) is 24.9 Å². The van der Waals surface area contributed by atoms with Gasteiger partial charge in [0.05, 0.1) is 25.4 Å². The SMILES string of the molecule is COc1ccc(Cn2nnnc2SCC(=O)N2CCC[C@@H]2c2ccc3c(c2)OCCO3)cc1. The standard InChI is InChI=1S/C23H25N5O4S/c1-30-18-7-4-16(5-8-18)14-28-23(24-25-26-28)33-15-22(29)27-10-2-3-19(27)17-6-9-20-21(13-17)32-12-11-31-20/h4-9,13,19H,2-3,10-12,14-15H2,1H3/t19-/m1/s1. The van der Waals surface area contributed by atoms with E-state index in [-0.39, 0.29) is 17.7 Å². The van der Waals surface area contributed by atoms with Crippen molar-refractivity contribution in [3.63, 3.8) is 0 Å². The summed E-state index contributed by atoms with van der Waals surface area (Å²) in [5.41, 5.74) is 2.13. The van der Waals surface area contributed by atoms with Crippen LogP contribution in [0.3, 0.4) is 0 Å². The van der Waals surface area contributed by atoms with Gasteiger partial charge in [-0.3, -0.25) is 4.79 Å². The number of nitrogens with zero attached hydrogens (tertiary/aromatic N) is 5. The third-order valence-electron chi connectivity index (χ3n) is 5.84. The van der Waals surface area contributed by atoms with Gasteiger partial charge in [0, 0.05) is 6.54 Å². The van der Waals surface area contributed by atoms with Crippen molar-refractivity contribution in [3.8, 4) is 17.2 Å². The zero-order chi connectivity index (χ0) is 22.6. The van der Waals surface area contributed by atoms with Crippen LogP contribution in [-0.2, 0) is 11.3 Å². The number of methoxy groups -OCH3 is 1. The van der Waals surface area contributed by atoms with Crippen LogP contribution < -0.4 is 14.2 Å². The Morgan fingerprint density at radius 2 is 1.97 bits per heavy atom. The average Bonchev–Trinajstić information content (AvgIpc) is 3.52. The highest BCUT2D eigenvalue weighted by Crippen LogP contribution is 2.38.